The molecule has 1 aromatic rings. The lowest BCUT2D eigenvalue weighted by molar-refractivity contribution is 0.578. The molecule has 3 nitrogen and oxygen atoms in total. The molecular weight excluding hydrogens is 246 g/mol. The Morgan fingerprint density at radius 3 is 2.61 bits per heavy atom. The molecule has 0 aliphatic carbocycles. The highest BCUT2D eigenvalue weighted by atomic mass is 32.2. The van der Waals surface area contributed by atoms with Crippen molar-refractivity contribution in [3.63, 3.8) is 0 Å². The van der Waals surface area contributed by atoms with Gasteiger partial charge in [-0.1, -0.05) is 37.1 Å². The van der Waals surface area contributed by atoms with E-state index >= 15 is 0 Å². The smallest absolute Gasteiger partial charge is 0.211 e. The van der Waals surface area contributed by atoms with E-state index in [1.54, 1.807) is 0 Å². The molecule has 18 heavy (non-hydrogen) atoms. The summed E-state index contributed by atoms with van der Waals surface area (Å²) >= 11 is 0. The van der Waals surface area contributed by atoms with E-state index < -0.39 is 10.0 Å². The minimum Gasteiger partial charge on any atom is -0.215 e. The first kappa shape index (κ1) is 15.2. The van der Waals surface area contributed by atoms with Gasteiger partial charge in [-0.15, -0.1) is 0 Å². The van der Waals surface area contributed by atoms with Crippen LogP contribution in [0.25, 0.3) is 0 Å². The van der Waals surface area contributed by atoms with Crippen LogP contribution in [-0.2, 0) is 16.4 Å². The van der Waals surface area contributed by atoms with Crippen molar-refractivity contribution in [3.8, 4) is 0 Å². The first-order valence-corrected chi connectivity index (χ1v) is 8.13. The summed E-state index contributed by atoms with van der Waals surface area (Å²) in [5, 5.41) is 0. The maximum atomic E-state index is 11.6. The Kier molecular flexibility index (Phi) is 5.82. The Morgan fingerprint density at radius 1 is 1.22 bits per heavy atom. The fourth-order valence-corrected chi connectivity index (χ4v) is 3.04. The molecule has 0 aromatic heterocycles. The zero-order valence-electron chi connectivity index (χ0n) is 11.5. The zero-order valence-corrected chi connectivity index (χ0v) is 12.3. The fraction of sp³-hybridized carbons (Fsp3) is 0.571. The second-order valence-corrected chi connectivity index (χ2v) is 6.67. The van der Waals surface area contributed by atoms with Gasteiger partial charge in [-0.05, 0) is 37.8 Å². The maximum absolute atomic E-state index is 11.6. The summed E-state index contributed by atoms with van der Waals surface area (Å²) in [4.78, 5) is 0. The van der Waals surface area contributed by atoms with Crippen molar-refractivity contribution < 1.29 is 8.42 Å². The van der Waals surface area contributed by atoms with E-state index in [1.165, 1.54) is 16.7 Å². The van der Waals surface area contributed by atoms with E-state index in [1.807, 2.05) is 13.8 Å². The van der Waals surface area contributed by atoms with Crippen LogP contribution in [0, 0.1) is 13.8 Å². The molecule has 0 spiro atoms. The minimum absolute atomic E-state index is 0.232. The summed E-state index contributed by atoms with van der Waals surface area (Å²) in [7, 11) is -3.09. The average Bonchev–Trinajstić information content (AvgIpc) is 2.31. The number of aryl methyl sites for hydroxylation is 2. The van der Waals surface area contributed by atoms with Crippen LogP contribution in [-0.4, -0.2) is 20.7 Å². The molecule has 0 aliphatic heterocycles. The Labute approximate surface area is 111 Å². The highest BCUT2D eigenvalue weighted by Gasteiger charge is 2.08. The van der Waals surface area contributed by atoms with Crippen molar-refractivity contribution in [2.45, 2.75) is 40.0 Å². The Hall–Kier alpha value is -0.870. The van der Waals surface area contributed by atoms with Gasteiger partial charge in [-0.2, -0.15) is 0 Å². The lowest BCUT2D eigenvalue weighted by Crippen LogP contribution is -2.28. The van der Waals surface area contributed by atoms with Crippen LogP contribution >= 0.6 is 0 Å². The number of hydrogen-bond acceptors (Lipinski definition) is 2. The van der Waals surface area contributed by atoms with Crippen molar-refractivity contribution in [2.24, 2.45) is 0 Å². The normalized spacial score (nSPS) is 11.7. The van der Waals surface area contributed by atoms with Gasteiger partial charge in [0.2, 0.25) is 10.0 Å². The van der Waals surface area contributed by atoms with Crippen LogP contribution < -0.4 is 4.72 Å². The van der Waals surface area contributed by atoms with E-state index in [0.29, 0.717) is 6.54 Å². The van der Waals surface area contributed by atoms with E-state index in [4.69, 9.17) is 0 Å². The SMILES string of the molecule is CCCCS(=O)(=O)NCCc1cc(C)ccc1C. The summed E-state index contributed by atoms with van der Waals surface area (Å²) in [5.41, 5.74) is 3.64. The monoisotopic (exact) mass is 269 g/mol. The molecule has 0 unspecified atom stereocenters. The fourth-order valence-electron chi connectivity index (χ4n) is 1.82. The molecule has 0 heterocycles. The van der Waals surface area contributed by atoms with Gasteiger partial charge >= 0.3 is 0 Å². The molecule has 0 saturated carbocycles. The van der Waals surface area contributed by atoms with Crippen molar-refractivity contribution in [3.05, 3.63) is 34.9 Å². The molecule has 0 fully saturated rings. The van der Waals surface area contributed by atoms with Gasteiger partial charge in [0, 0.05) is 6.54 Å². The molecule has 0 aliphatic rings. The molecule has 1 rings (SSSR count). The molecule has 4 heteroatoms. The first-order chi connectivity index (χ1) is 8.44. The molecule has 1 N–H and O–H groups in total. The maximum Gasteiger partial charge on any atom is 0.211 e. The van der Waals surface area contributed by atoms with E-state index in [0.717, 1.165) is 19.3 Å². The highest BCUT2D eigenvalue weighted by molar-refractivity contribution is 7.89. The first-order valence-electron chi connectivity index (χ1n) is 6.48. The number of benzene rings is 1. The van der Waals surface area contributed by atoms with Crippen LogP contribution in [0.5, 0.6) is 0 Å². The van der Waals surface area contributed by atoms with Crippen LogP contribution in [0.1, 0.15) is 36.5 Å². The summed E-state index contributed by atoms with van der Waals surface area (Å²) in [5.74, 6) is 0.232. The van der Waals surface area contributed by atoms with E-state index in [2.05, 4.69) is 29.8 Å². The lowest BCUT2D eigenvalue weighted by Gasteiger charge is -2.09. The predicted octanol–water partition coefficient (Wildman–Crippen LogP) is 2.57. The van der Waals surface area contributed by atoms with E-state index in [-0.39, 0.29) is 5.75 Å². The van der Waals surface area contributed by atoms with Crippen molar-refractivity contribution in [1.29, 1.82) is 0 Å². The number of hydrogen-bond donors (Lipinski definition) is 1. The van der Waals surface area contributed by atoms with Gasteiger partial charge in [-0.3, -0.25) is 0 Å². The molecule has 0 amide bonds. The minimum atomic E-state index is -3.09. The second-order valence-electron chi connectivity index (χ2n) is 4.75. The third-order valence-electron chi connectivity index (χ3n) is 2.99. The third kappa shape index (κ3) is 5.19. The van der Waals surface area contributed by atoms with Crippen molar-refractivity contribution in [1.82, 2.24) is 4.72 Å². The molecular formula is C14H23NO2S. The Bertz CT molecular complexity index is 481. The number of unbranched alkanes of at least 4 members (excludes halogenated alkanes) is 1. The van der Waals surface area contributed by atoms with Crippen LogP contribution in [0.4, 0.5) is 0 Å². The van der Waals surface area contributed by atoms with Crippen molar-refractivity contribution in [2.75, 3.05) is 12.3 Å². The Balaban J connectivity index is 2.49. The number of nitrogens with one attached hydrogen (secondary N) is 1. The molecule has 102 valence electrons. The van der Waals surface area contributed by atoms with Gasteiger partial charge in [0.05, 0.1) is 5.75 Å². The molecule has 0 bridgehead atoms. The van der Waals surface area contributed by atoms with Gasteiger partial charge < -0.3 is 0 Å². The van der Waals surface area contributed by atoms with Crippen LogP contribution in [0.15, 0.2) is 18.2 Å². The third-order valence-corrected chi connectivity index (χ3v) is 4.46. The van der Waals surface area contributed by atoms with Crippen LogP contribution in [0.2, 0.25) is 0 Å². The van der Waals surface area contributed by atoms with Gasteiger partial charge in [0.15, 0.2) is 0 Å². The summed E-state index contributed by atoms with van der Waals surface area (Å²) in [6.45, 7) is 6.58. The average molecular weight is 269 g/mol. The van der Waals surface area contributed by atoms with Gasteiger partial charge in [0.1, 0.15) is 0 Å². The topological polar surface area (TPSA) is 46.2 Å². The number of rotatable bonds is 7. The van der Waals surface area contributed by atoms with Gasteiger partial charge in [-0.25, -0.2) is 13.1 Å². The summed E-state index contributed by atoms with van der Waals surface area (Å²) in [6, 6.07) is 6.27. The van der Waals surface area contributed by atoms with Crippen LogP contribution in [0.3, 0.4) is 0 Å². The molecule has 0 atom stereocenters. The molecule has 0 radical (unpaired) electrons. The second kappa shape index (κ2) is 6.90. The lowest BCUT2D eigenvalue weighted by atomic mass is 10.0. The summed E-state index contributed by atoms with van der Waals surface area (Å²) < 4.78 is 25.9. The quantitative estimate of drug-likeness (QED) is 0.827. The highest BCUT2D eigenvalue weighted by Crippen LogP contribution is 2.10. The standard InChI is InChI=1S/C14H23NO2S/c1-4-5-10-18(16,17)15-9-8-14-11-12(2)6-7-13(14)3/h6-7,11,15H,4-5,8-10H2,1-3H3. The Morgan fingerprint density at radius 2 is 1.94 bits per heavy atom. The van der Waals surface area contributed by atoms with E-state index in [9.17, 15) is 8.42 Å². The largest absolute Gasteiger partial charge is 0.215 e. The van der Waals surface area contributed by atoms with Crippen molar-refractivity contribution >= 4 is 10.0 Å². The number of sulfonamides is 1. The molecule has 0 saturated heterocycles. The zero-order chi connectivity index (χ0) is 13.6. The molecule has 1 aromatic carbocycles. The predicted molar refractivity (Wildman–Crippen MR) is 76.3 cm³/mol. The van der Waals surface area contributed by atoms with Gasteiger partial charge in [0.25, 0.3) is 0 Å². The summed E-state index contributed by atoms with van der Waals surface area (Å²) in [6.07, 6.45) is 2.37.